The lowest BCUT2D eigenvalue weighted by atomic mass is 10.1. The Bertz CT molecular complexity index is 1720. The molecule has 42 heavy (non-hydrogen) atoms. The van der Waals surface area contributed by atoms with E-state index in [1.165, 1.54) is 18.2 Å². The molecule has 0 aliphatic carbocycles. The quantitative estimate of drug-likeness (QED) is 0.0647. The molecule has 0 unspecified atom stereocenters. The molecule has 0 atom stereocenters. The molecule has 0 amide bonds. The van der Waals surface area contributed by atoms with E-state index < -0.39 is 26.5 Å². The lowest BCUT2D eigenvalue weighted by molar-refractivity contribution is 0.310. The fourth-order valence-electron chi connectivity index (χ4n) is 4.28. The average molecular weight is 591 g/mol. The number of nitrogens with two attached hydrogens (primary N) is 1. The molecule has 0 spiro atoms. The number of unbranched alkanes of at least 4 members (excludes halogenated alkanes) is 1. The third kappa shape index (κ3) is 7.20. The summed E-state index contributed by atoms with van der Waals surface area (Å²) in [7, 11) is -4.75. The predicted octanol–water partition coefficient (Wildman–Crippen LogP) is 8.23. The van der Waals surface area contributed by atoms with Crippen molar-refractivity contribution in [1.29, 1.82) is 0 Å². The first kappa shape index (κ1) is 30.4. The summed E-state index contributed by atoms with van der Waals surface area (Å²) in [6, 6.07) is 18.5. The third-order valence-corrected chi connectivity index (χ3v) is 7.44. The minimum Gasteiger partial charge on any atom is -0.505 e. The number of hydrogen-bond acceptors (Lipinski definition) is 10. The van der Waals surface area contributed by atoms with Gasteiger partial charge in [0.15, 0.2) is 5.75 Å². The standard InChI is InChI=1S/C30H34N6O5S/c1-4-7-16-41-27-19-23(33-32-22-10-13-24(14-11-22)36(5-2)6-3)12-15-26(27)34-35-29-28(42(38,39)40)17-20-8-9-21(31)18-25(20)30(29)37/h8-15,17-19,37H,4-7,16,31H2,1-3H3,(H,38,39,40). The van der Waals surface area contributed by atoms with Gasteiger partial charge in [-0.15, -0.1) is 10.2 Å². The van der Waals surface area contributed by atoms with E-state index in [-0.39, 0.29) is 11.1 Å². The Hall–Kier alpha value is -4.55. The number of benzene rings is 4. The first-order valence-corrected chi connectivity index (χ1v) is 15.1. The van der Waals surface area contributed by atoms with E-state index in [2.05, 4.69) is 39.2 Å². The summed E-state index contributed by atoms with van der Waals surface area (Å²) in [6.07, 6.45) is 1.70. The maximum Gasteiger partial charge on any atom is 0.296 e. The van der Waals surface area contributed by atoms with E-state index >= 15 is 0 Å². The summed E-state index contributed by atoms with van der Waals surface area (Å²) in [5, 5.41) is 28.4. The molecule has 0 saturated carbocycles. The van der Waals surface area contributed by atoms with E-state index in [1.807, 2.05) is 31.2 Å². The van der Waals surface area contributed by atoms with Crippen molar-refractivity contribution in [1.82, 2.24) is 0 Å². The van der Waals surface area contributed by atoms with Crippen LogP contribution >= 0.6 is 0 Å². The van der Waals surface area contributed by atoms with Crippen LogP contribution in [0.5, 0.6) is 11.5 Å². The van der Waals surface area contributed by atoms with Gasteiger partial charge in [0.1, 0.15) is 22.0 Å². The van der Waals surface area contributed by atoms with Gasteiger partial charge in [-0.25, -0.2) is 0 Å². The SMILES string of the molecule is CCCCOc1cc(N=Nc2ccc(N(CC)CC)cc2)ccc1N=Nc1c(S(=O)(=O)O)cc2ccc(N)cc2c1O. The van der Waals surface area contributed by atoms with Gasteiger partial charge in [-0.1, -0.05) is 19.4 Å². The first-order valence-electron chi connectivity index (χ1n) is 13.6. The van der Waals surface area contributed by atoms with Crippen molar-refractivity contribution in [2.75, 3.05) is 30.3 Å². The molecule has 0 heterocycles. The summed E-state index contributed by atoms with van der Waals surface area (Å²) in [5.74, 6) is -0.138. The fraction of sp³-hybridized carbons (Fsp3) is 0.267. The van der Waals surface area contributed by atoms with Crippen LogP contribution in [0.3, 0.4) is 0 Å². The van der Waals surface area contributed by atoms with Gasteiger partial charge in [0.2, 0.25) is 0 Å². The second-order valence-electron chi connectivity index (χ2n) is 9.47. The Morgan fingerprint density at radius 1 is 0.857 bits per heavy atom. The van der Waals surface area contributed by atoms with Crippen LogP contribution in [0.1, 0.15) is 33.6 Å². The third-order valence-electron chi connectivity index (χ3n) is 6.57. The number of phenols is 1. The lowest BCUT2D eigenvalue weighted by Gasteiger charge is -2.20. The number of anilines is 2. The molecule has 4 aromatic carbocycles. The van der Waals surface area contributed by atoms with Crippen molar-refractivity contribution in [3.63, 3.8) is 0 Å². The number of azo groups is 2. The number of hydrogen-bond donors (Lipinski definition) is 3. The molecule has 11 nitrogen and oxygen atoms in total. The summed E-state index contributed by atoms with van der Waals surface area (Å²) >= 11 is 0. The van der Waals surface area contributed by atoms with Gasteiger partial charge in [0.05, 0.1) is 18.0 Å². The molecule has 220 valence electrons. The van der Waals surface area contributed by atoms with Crippen LogP contribution in [0.4, 0.5) is 34.1 Å². The molecule has 4 aromatic rings. The van der Waals surface area contributed by atoms with Gasteiger partial charge in [-0.3, -0.25) is 4.55 Å². The van der Waals surface area contributed by atoms with E-state index in [0.29, 0.717) is 34.8 Å². The Morgan fingerprint density at radius 2 is 1.55 bits per heavy atom. The zero-order chi connectivity index (χ0) is 30.3. The minimum absolute atomic E-state index is 0.261. The Kier molecular flexibility index (Phi) is 9.71. The van der Waals surface area contributed by atoms with Crippen LogP contribution in [0.15, 0.2) is 92.1 Å². The highest BCUT2D eigenvalue weighted by Gasteiger charge is 2.22. The Labute approximate surface area is 245 Å². The summed E-state index contributed by atoms with van der Waals surface area (Å²) < 4.78 is 40.1. The topological polar surface area (TPSA) is 163 Å². The number of nitrogen functional groups attached to an aromatic ring is 1. The highest BCUT2D eigenvalue weighted by atomic mass is 32.2. The van der Waals surface area contributed by atoms with Crippen LogP contribution < -0.4 is 15.4 Å². The number of fused-ring (bicyclic) bond motifs is 1. The van der Waals surface area contributed by atoms with Gasteiger partial charge in [-0.2, -0.15) is 18.6 Å². The second-order valence-corrected chi connectivity index (χ2v) is 10.9. The smallest absolute Gasteiger partial charge is 0.296 e. The zero-order valence-corrected chi connectivity index (χ0v) is 24.5. The van der Waals surface area contributed by atoms with Crippen molar-refractivity contribution in [3.8, 4) is 11.5 Å². The Balaban J connectivity index is 1.69. The summed E-state index contributed by atoms with van der Waals surface area (Å²) in [5.41, 5.74) is 8.36. The number of phenolic OH excluding ortho intramolecular Hbond substituents is 1. The molecule has 12 heteroatoms. The maximum atomic E-state index is 12.2. The van der Waals surface area contributed by atoms with E-state index in [1.54, 1.807) is 24.3 Å². The van der Waals surface area contributed by atoms with Crippen molar-refractivity contribution in [2.24, 2.45) is 20.5 Å². The molecule has 4 rings (SSSR count). The predicted molar refractivity (Wildman–Crippen MR) is 165 cm³/mol. The number of nitrogens with zero attached hydrogens (tertiary/aromatic N) is 5. The highest BCUT2D eigenvalue weighted by Crippen LogP contribution is 2.43. The van der Waals surface area contributed by atoms with Gasteiger partial charge in [-0.05, 0) is 80.3 Å². The van der Waals surface area contributed by atoms with Crippen LogP contribution in [0, 0.1) is 0 Å². The van der Waals surface area contributed by atoms with Gasteiger partial charge >= 0.3 is 0 Å². The normalized spacial score (nSPS) is 12.0. The average Bonchev–Trinajstić information content (AvgIpc) is 2.97. The van der Waals surface area contributed by atoms with E-state index in [9.17, 15) is 18.1 Å². The molecule has 0 aliphatic heterocycles. The Morgan fingerprint density at radius 3 is 2.21 bits per heavy atom. The molecule has 0 aromatic heterocycles. The molecule has 0 saturated heterocycles. The molecule has 0 bridgehead atoms. The summed E-state index contributed by atoms with van der Waals surface area (Å²) in [4.78, 5) is 1.65. The van der Waals surface area contributed by atoms with Gasteiger partial charge < -0.3 is 20.5 Å². The maximum absolute atomic E-state index is 12.2. The van der Waals surface area contributed by atoms with E-state index in [0.717, 1.165) is 31.6 Å². The molecule has 0 fully saturated rings. The van der Waals surface area contributed by atoms with Crippen LogP contribution in [0.2, 0.25) is 0 Å². The minimum atomic E-state index is -4.75. The molecular formula is C30H34N6O5S. The van der Waals surface area contributed by atoms with Crippen LogP contribution in [-0.2, 0) is 10.1 Å². The highest BCUT2D eigenvalue weighted by molar-refractivity contribution is 7.86. The molecule has 4 N–H and O–H groups in total. The molecular weight excluding hydrogens is 556 g/mol. The van der Waals surface area contributed by atoms with Gasteiger partial charge in [0, 0.05) is 35.9 Å². The van der Waals surface area contributed by atoms with Crippen molar-refractivity contribution in [3.05, 3.63) is 66.7 Å². The van der Waals surface area contributed by atoms with Crippen molar-refractivity contribution < 1.29 is 22.8 Å². The summed E-state index contributed by atoms with van der Waals surface area (Å²) in [6.45, 7) is 8.47. The van der Waals surface area contributed by atoms with Crippen LogP contribution in [-0.4, -0.2) is 37.8 Å². The number of ether oxygens (including phenoxy) is 1. The molecule has 0 radical (unpaired) electrons. The first-order chi connectivity index (χ1) is 20.1. The number of aromatic hydroxyl groups is 1. The zero-order valence-electron chi connectivity index (χ0n) is 23.7. The second kappa shape index (κ2) is 13.4. The lowest BCUT2D eigenvalue weighted by Crippen LogP contribution is -2.21. The van der Waals surface area contributed by atoms with E-state index in [4.69, 9.17) is 10.5 Å². The fourth-order valence-corrected chi connectivity index (χ4v) is 4.94. The molecule has 0 aliphatic rings. The van der Waals surface area contributed by atoms with Gasteiger partial charge in [0.25, 0.3) is 10.1 Å². The largest absolute Gasteiger partial charge is 0.505 e. The monoisotopic (exact) mass is 590 g/mol. The number of rotatable bonds is 12. The van der Waals surface area contributed by atoms with Crippen molar-refractivity contribution in [2.45, 2.75) is 38.5 Å². The van der Waals surface area contributed by atoms with Crippen molar-refractivity contribution >= 4 is 55.0 Å². The van der Waals surface area contributed by atoms with Crippen LogP contribution in [0.25, 0.3) is 10.8 Å².